The van der Waals surface area contributed by atoms with Gasteiger partial charge in [-0.25, -0.2) is 0 Å². The molecule has 0 aliphatic heterocycles. The van der Waals surface area contributed by atoms with Gasteiger partial charge in [0.15, 0.2) is 0 Å². The van der Waals surface area contributed by atoms with Crippen molar-refractivity contribution in [1.29, 1.82) is 0 Å². The third kappa shape index (κ3) is 4.18. The summed E-state index contributed by atoms with van der Waals surface area (Å²) in [5.41, 5.74) is 0. The zero-order valence-corrected chi connectivity index (χ0v) is 5.38. The molecule has 0 fully saturated rings. The molecule has 0 saturated heterocycles. The van der Waals surface area contributed by atoms with Gasteiger partial charge in [0.1, 0.15) is 0 Å². The molecule has 2 heteroatoms. The van der Waals surface area contributed by atoms with Gasteiger partial charge < -0.3 is 5.32 Å². The fourth-order valence-corrected chi connectivity index (χ4v) is 0.472. The Kier molecular flexibility index (Phi) is 3.47. The van der Waals surface area contributed by atoms with E-state index in [1.807, 2.05) is 7.05 Å². The molecule has 0 aliphatic carbocycles. The summed E-state index contributed by atoms with van der Waals surface area (Å²) in [5, 5.41) is 2.92. The third-order valence-corrected chi connectivity index (χ3v) is 0.649. The van der Waals surface area contributed by atoms with E-state index in [9.17, 15) is 0 Å². The second-order valence-corrected chi connectivity index (χ2v) is 2.17. The van der Waals surface area contributed by atoms with Gasteiger partial charge in [-0.15, -0.1) is 0 Å². The van der Waals surface area contributed by atoms with Gasteiger partial charge in [-0.3, -0.25) is 0 Å². The first-order chi connectivity index (χ1) is 2.77. The Morgan fingerprint density at radius 1 is 2.00 bits per heavy atom. The maximum Gasteiger partial charge on any atom is 0.0262 e. The van der Waals surface area contributed by atoms with Crippen LogP contribution in [0.1, 0.15) is 0 Å². The first-order valence-electron chi connectivity index (χ1n) is 1.75. The van der Waals surface area contributed by atoms with Crippen molar-refractivity contribution in [2.45, 2.75) is 0 Å². The molecule has 0 unspecified atom stereocenters. The largest absolute Gasteiger partial charge is 0.315 e. The van der Waals surface area contributed by atoms with E-state index < -0.39 is 0 Å². The van der Waals surface area contributed by atoms with E-state index in [2.05, 4.69) is 27.8 Å². The molecule has 6 heavy (non-hydrogen) atoms. The summed E-state index contributed by atoms with van der Waals surface area (Å²) in [6.45, 7) is 4.45. The average molecular weight is 150 g/mol. The quantitative estimate of drug-likeness (QED) is 0.621. The molecule has 0 aromatic heterocycles. The minimum atomic E-state index is 0.847. The highest BCUT2D eigenvalue weighted by Gasteiger charge is 1.76. The molecule has 0 heterocycles. The van der Waals surface area contributed by atoms with Crippen molar-refractivity contribution in [2.75, 3.05) is 13.6 Å². The highest BCUT2D eigenvalue weighted by atomic mass is 79.9. The van der Waals surface area contributed by atoms with Gasteiger partial charge >= 0.3 is 0 Å². The molecule has 36 valence electrons. The molecule has 0 atom stereocenters. The SMILES string of the molecule is C=C(Br)CNC. The average Bonchev–Trinajstić information content (AvgIpc) is 1.35. The number of rotatable bonds is 2. The first kappa shape index (κ1) is 6.18. The van der Waals surface area contributed by atoms with Gasteiger partial charge in [-0.1, -0.05) is 22.5 Å². The monoisotopic (exact) mass is 149 g/mol. The predicted molar refractivity (Wildman–Crippen MR) is 32.0 cm³/mol. The normalized spacial score (nSPS) is 8.33. The van der Waals surface area contributed by atoms with Crippen LogP contribution in [0.25, 0.3) is 0 Å². The molecular weight excluding hydrogens is 142 g/mol. The lowest BCUT2D eigenvalue weighted by molar-refractivity contribution is 0.915. The van der Waals surface area contributed by atoms with E-state index in [0.29, 0.717) is 0 Å². The number of hydrogen-bond acceptors (Lipinski definition) is 1. The summed E-state index contributed by atoms with van der Waals surface area (Å²) < 4.78 is 0.991. The van der Waals surface area contributed by atoms with Crippen molar-refractivity contribution in [3.05, 3.63) is 11.1 Å². The Balaban J connectivity index is 2.83. The maximum absolute atomic E-state index is 3.60. The Labute approximate surface area is 46.6 Å². The molecule has 1 nitrogen and oxygen atoms in total. The second-order valence-electron chi connectivity index (χ2n) is 1.05. The van der Waals surface area contributed by atoms with Crippen LogP contribution in [0.4, 0.5) is 0 Å². The highest BCUT2D eigenvalue weighted by Crippen LogP contribution is 1.94. The summed E-state index contributed by atoms with van der Waals surface area (Å²) in [6.07, 6.45) is 0. The van der Waals surface area contributed by atoms with E-state index in [-0.39, 0.29) is 0 Å². The molecule has 0 bridgehead atoms. The molecule has 0 aromatic carbocycles. The summed E-state index contributed by atoms with van der Waals surface area (Å²) in [6, 6.07) is 0. The predicted octanol–water partition coefficient (Wildman–Crippen LogP) is 1.11. The van der Waals surface area contributed by atoms with Crippen molar-refractivity contribution in [2.24, 2.45) is 0 Å². The van der Waals surface area contributed by atoms with Crippen molar-refractivity contribution < 1.29 is 0 Å². The Morgan fingerprint density at radius 3 is 2.50 bits per heavy atom. The lowest BCUT2D eigenvalue weighted by atomic mass is 10.6. The smallest absolute Gasteiger partial charge is 0.0262 e. The van der Waals surface area contributed by atoms with Crippen LogP contribution in [0.2, 0.25) is 0 Å². The molecular formula is C4H8BrN. The standard InChI is InChI=1S/C4H8BrN/c1-4(5)3-6-2/h6H,1,3H2,2H3. The van der Waals surface area contributed by atoms with E-state index in [1.165, 1.54) is 0 Å². The van der Waals surface area contributed by atoms with Crippen LogP contribution in [0.15, 0.2) is 11.1 Å². The number of likely N-dealkylation sites (N-methyl/N-ethyl adjacent to an activating group) is 1. The zero-order valence-electron chi connectivity index (χ0n) is 3.79. The summed E-state index contributed by atoms with van der Waals surface area (Å²) in [7, 11) is 1.88. The molecule has 0 rings (SSSR count). The molecule has 0 radical (unpaired) electrons. The van der Waals surface area contributed by atoms with Crippen molar-refractivity contribution in [1.82, 2.24) is 5.32 Å². The molecule has 0 spiro atoms. The van der Waals surface area contributed by atoms with Gasteiger partial charge in [-0.05, 0) is 7.05 Å². The Bertz CT molecular complexity index is 51.5. The molecule has 0 amide bonds. The van der Waals surface area contributed by atoms with Gasteiger partial charge in [0.05, 0.1) is 0 Å². The van der Waals surface area contributed by atoms with Crippen LogP contribution in [0.3, 0.4) is 0 Å². The first-order valence-corrected chi connectivity index (χ1v) is 2.54. The van der Waals surface area contributed by atoms with Gasteiger partial charge in [0.2, 0.25) is 0 Å². The van der Waals surface area contributed by atoms with E-state index in [4.69, 9.17) is 0 Å². The minimum absolute atomic E-state index is 0.847. The highest BCUT2D eigenvalue weighted by molar-refractivity contribution is 9.11. The minimum Gasteiger partial charge on any atom is -0.315 e. The van der Waals surface area contributed by atoms with Crippen LogP contribution in [-0.2, 0) is 0 Å². The van der Waals surface area contributed by atoms with Crippen molar-refractivity contribution >= 4 is 15.9 Å². The summed E-state index contributed by atoms with van der Waals surface area (Å²) >= 11 is 3.18. The fraction of sp³-hybridized carbons (Fsp3) is 0.500. The molecule has 0 saturated carbocycles. The van der Waals surface area contributed by atoms with Crippen LogP contribution in [0.5, 0.6) is 0 Å². The number of halogens is 1. The molecule has 0 aliphatic rings. The van der Waals surface area contributed by atoms with Crippen LogP contribution >= 0.6 is 15.9 Å². The summed E-state index contributed by atoms with van der Waals surface area (Å²) in [4.78, 5) is 0. The van der Waals surface area contributed by atoms with Crippen molar-refractivity contribution in [3.8, 4) is 0 Å². The molecule has 1 N–H and O–H groups in total. The lowest BCUT2D eigenvalue weighted by Gasteiger charge is -1.88. The zero-order chi connectivity index (χ0) is 4.99. The second kappa shape index (κ2) is 3.37. The number of nitrogens with one attached hydrogen (secondary N) is 1. The van der Waals surface area contributed by atoms with Crippen molar-refractivity contribution in [3.63, 3.8) is 0 Å². The fourth-order valence-electron chi connectivity index (χ4n) is 0.192. The van der Waals surface area contributed by atoms with E-state index >= 15 is 0 Å². The maximum atomic E-state index is 3.60. The topological polar surface area (TPSA) is 12.0 Å². The van der Waals surface area contributed by atoms with Gasteiger partial charge in [-0.2, -0.15) is 0 Å². The third-order valence-electron chi connectivity index (χ3n) is 0.369. The molecule has 0 aromatic rings. The van der Waals surface area contributed by atoms with Gasteiger partial charge in [0.25, 0.3) is 0 Å². The Morgan fingerprint density at radius 2 is 2.50 bits per heavy atom. The van der Waals surface area contributed by atoms with E-state index in [0.717, 1.165) is 11.0 Å². The number of hydrogen-bond donors (Lipinski definition) is 1. The van der Waals surface area contributed by atoms with Crippen LogP contribution in [0, 0.1) is 0 Å². The lowest BCUT2D eigenvalue weighted by Crippen LogP contribution is -2.05. The van der Waals surface area contributed by atoms with E-state index in [1.54, 1.807) is 0 Å². The summed E-state index contributed by atoms with van der Waals surface area (Å²) in [5.74, 6) is 0. The van der Waals surface area contributed by atoms with Crippen LogP contribution < -0.4 is 5.32 Å². The van der Waals surface area contributed by atoms with Crippen LogP contribution in [-0.4, -0.2) is 13.6 Å². The Hall–Kier alpha value is 0.180. The van der Waals surface area contributed by atoms with Gasteiger partial charge in [0, 0.05) is 11.0 Å².